The molecule has 0 aromatic heterocycles. The number of carboxylic acid groups (broad SMARTS) is 1. The first-order valence-corrected chi connectivity index (χ1v) is 7.01. The fourth-order valence-electron chi connectivity index (χ4n) is 2.98. The van der Waals surface area contributed by atoms with Crippen LogP contribution in [0.3, 0.4) is 0 Å². The third-order valence-corrected chi connectivity index (χ3v) is 4.30. The summed E-state index contributed by atoms with van der Waals surface area (Å²) in [5, 5.41) is 11.8. The molecule has 0 spiro atoms. The summed E-state index contributed by atoms with van der Waals surface area (Å²) in [6, 6.07) is -0.0389. The van der Waals surface area contributed by atoms with Crippen LogP contribution >= 0.6 is 0 Å². The van der Waals surface area contributed by atoms with Crippen molar-refractivity contribution >= 4 is 12.0 Å². The number of carbonyl (C=O) groups excluding carboxylic acids is 1. The second-order valence-electron chi connectivity index (χ2n) is 5.93. The van der Waals surface area contributed by atoms with E-state index in [2.05, 4.69) is 5.32 Å². The van der Waals surface area contributed by atoms with E-state index < -0.39 is 5.97 Å². The van der Waals surface area contributed by atoms with Crippen LogP contribution in [0.4, 0.5) is 4.79 Å². The Kier molecular flexibility index (Phi) is 4.29. The Hall–Kier alpha value is -1.30. The predicted octanol–water partition coefficient (Wildman–Crippen LogP) is 0.764. The second kappa shape index (κ2) is 5.77. The van der Waals surface area contributed by atoms with Crippen LogP contribution in [0.2, 0.25) is 0 Å². The molecule has 0 bridgehead atoms. The maximum Gasteiger partial charge on any atom is 0.317 e. The van der Waals surface area contributed by atoms with Crippen LogP contribution in [0.5, 0.6) is 0 Å². The third kappa shape index (κ3) is 3.59. The molecule has 6 heteroatoms. The van der Waals surface area contributed by atoms with Crippen molar-refractivity contribution in [3.05, 3.63) is 0 Å². The Labute approximate surface area is 113 Å². The number of hydrogen-bond donors (Lipinski definition) is 3. The highest BCUT2D eigenvalue weighted by Gasteiger charge is 2.39. The molecule has 6 nitrogen and oxygen atoms in total. The highest BCUT2D eigenvalue weighted by Crippen LogP contribution is 2.43. The smallest absolute Gasteiger partial charge is 0.317 e. The van der Waals surface area contributed by atoms with Crippen molar-refractivity contribution < 1.29 is 14.7 Å². The van der Waals surface area contributed by atoms with Crippen molar-refractivity contribution in [3.63, 3.8) is 0 Å². The molecule has 1 aliphatic heterocycles. The summed E-state index contributed by atoms with van der Waals surface area (Å²) in [7, 11) is 0. The molecular weight excluding hydrogens is 246 g/mol. The predicted molar refractivity (Wildman–Crippen MR) is 70.7 cm³/mol. The Morgan fingerprint density at radius 3 is 2.63 bits per heavy atom. The van der Waals surface area contributed by atoms with Gasteiger partial charge in [-0.1, -0.05) is 6.42 Å². The molecule has 4 N–H and O–H groups in total. The van der Waals surface area contributed by atoms with Gasteiger partial charge in [-0.3, -0.25) is 4.79 Å². The molecule has 1 saturated carbocycles. The van der Waals surface area contributed by atoms with E-state index in [4.69, 9.17) is 10.8 Å². The summed E-state index contributed by atoms with van der Waals surface area (Å²) in [6.07, 6.45) is 4.88. The zero-order chi connectivity index (χ0) is 13.9. The fraction of sp³-hybridized carbons (Fsp3) is 0.846. The maximum absolute atomic E-state index is 12.0. The van der Waals surface area contributed by atoms with E-state index in [0.717, 1.165) is 38.6 Å². The normalized spacial score (nSPS) is 25.5. The number of piperidine rings is 1. The first-order valence-electron chi connectivity index (χ1n) is 7.01. The molecule has 1 saturated heterocycles. The second-order valence-corrected chi connectivity index (χ2v) is 5.93. The molecule has 1 heterocycles. The van der Waals surface area contributed by atoms with E-state index in [-0.39, 0.29) is 23.9 Å². The van der Waals surface area contributed by atoms with Crippen LogP contribution in [0.1, 0.15) is 38.5 Å². The lowest BCUT2D eigenvalue weighted by Crippen LogP contribution is -2.52. The average Bonchev–Trinajstić information content (AvgIpc) is 2.31. The van der Waals surface area contributed by atoms with Gasteiger partial charge < -0.3 is 21.1 Å². The van der Waals surface area contributed by atoms with Crippen molar-refractivity contribution in [1.82, 2.24) is 10.2 Å². The van der Waals surface area contributed by atoms with Crippen LogP contribution < -0.4 is 11.1 Å². The van der Waals surface area contributed by atoms with Crippen LogP contribution in [-0.4, -0.2) is 47.7 Å². The van der Waals surface area contributed by atoms with Gasteiger partial charge in [0.15, 0.2) is 0 Å². The molecule has 0 aromatic rings. The van der Waals surface area contributed by atoms with E-state index in [1.807, 2.05) is 0 Å². The summed E-state index contributed by atoms with van der Waals surface area (Å²) in [5.74, 6) is -0.783. The maximum atomic E-state index is 12.0. The van der Waals surface area contributed by atoms with E-state index in [1.165, 1.54) is 0 Å². The molecule has 108 valence electrons. The Morgan fingerprint density at radius 2 is 2.11 bits per heavy atom. The molecule has 2 amide bonds. The fourth-order valence-corrected chi connectivity index (χ4v) is 2.98. The highest BCUT2D eigenvalue weighted by molar-refractivity contribution is 5.74. The summed E-state index contributed by atoms with van der Waals surface area (Å²) < 4.78 is 0. The van der Waals surface area contributed by atoms with Crippen LogP contribution in [0, 0.1) is 5.41 Å². The average molecular weight is 269 g/mol. The van der Waals surface area contributed by atoms with Gasteiger partial charge in [-0.05, 0) is 31.1 Å². The van der Waals surface area contributed by atoms with Crippen molar-refractivity contribution in [2.24, 2.45) is 11.1 Å². The summed E-state index contributed by atoms with van der Waals surface area (Å²) in [4.78, 5) is 24.6. The lowest BCUT2D eigenvalue weighted by Gasteiger charge is -2.41. The number of nitrogens with one attached hydrogen (secondary N) is 1. The minimum atomic E-state index is -0.783. The molecule has 2 fully saturated rings. The van der Waals surface area contributed by atoms with Crippen molar-refractivity contribution in [3.8, 4) is 0 Å². The van der Waals surface area contributed by atoms with Crippen molar-refractivity contribution in [2.75, 3.05) is 19.6 Å². The highest BCUT2D eigenvalue weighted by atomic mass is 16.4. The van der Waals surface area contributed by atoms with Gasteiger partial charge in [0.25, 0.3) is 0 Å². The van der Waals surface area contributed by atoms with E-state index >= 15 is 0 Å². The largest absolute Gasteiger partial charge is 0.481 e. The van der Waals surface area contributed by atoms with Gasteiger partial charge in [0.1, 0.15) is 0 Å². The van der Waals surface area contributed by atoms with Gasteiger partial charge >= 0.3 is 12.0 Å². The lowest BCUT2D eigenvalue weighted by molar-refractivity contribution is -0.141. The van der Waals surface area contributed by atoms with E-state index in [0.29, 0.717) is 13.1 Å². The summed E-state index contributed by atoms with van der Waals surface area (Å²) in [5.41, 5.74) is 5.63. The van der Waals surface area contributed by atoms with Gasteiger partial charge in [-0.25, -0.2) is 4.79 Å². The lowest BCUT2D eigenvalue weighted by atomic mass is 9.66. The molecular formula is C13H23N3O3. The number of rotatable bonds is 4. The minimum absolute atomic E-state index is 0.0659. The van der Waals surface area contributed by atoms with Gasteiger partial charge in [0, 0.05) is 25.7 Å². The molecule has 1 aliphatic carbocycles. The number of urea groups is 1. The van der Waals surface area contributed by atoms with Gasteiger partial charge in [0.2, 0.25) is 0 Å². The molecule has 0 radical (unpaired) electrons. The number of aliphatic carboxylic acids is 1. The van der Waals surface area contributed by atoms with Gasteiger partial charge in [-0.2, -0.15) is 0 Å². The first kappa shape index (κ1) is 14.1. The molecule has 2 rings (SSSR count). The molecule has 1 atom stereocenters. The number of likely N-dealkylation sites (tertiary alicyclic amines) is 1. The topological polar surface area (TPSA) is 95.7 Å². The minimum Gasteiger partial charge on any atom is -0.481 e. The van der Waals surface area contributed by atoms with Gasteiger partial charge in [0.05, 0.1) is 6.42 Å². The van der Waals surface area contributed by atoms with Crippen molar-refractivity contribution in [2.45, 2.75) is 44.6 Å². The zero-order valence-electron chi connectivity index (χ0n) is 11.2. The Morgan fingerprint density at radius 1 is 1.37 bits per heavy atom. The van der Waals surface area contributed by atoms with Gasteiger partial charge in [-0.15, -0.1) is 0 Å². The number of hydrogen-bond acceptors (Lipinski definition) is 3. The molecule has 0 aromatic carbocycles. The van der Waals surface area contributed by atoms with Crippen molar-refractivity contribution in [1.29, 1.82) is 0 Å². The molecule has 1 unspecified atom stereocenters. The number of nitrogens with two attached hydrogens (primary N) is 1. The summed E-state index contributed by atoms with van der Waals surface area (Å²) in [6.45, 7) is 1.80. The molecule has 19 heavy (non-hydrogen) atoms. The third-order valence-electron chi connectivity index (χ3n) is 4.30. The first-order chi connectivity index (χ1) is 9.01. The monoisotopic (exact) mass is 269 g/mol. The van der Waals surface area contributed by atoms with Crippen LogP contribution in [-0.2, 0) is 4.79 Å². The quantitative estimate of drug-likeness (QED) is 0.702. The SMILES string of the molecule is NC1CCCN(C(=O)NCC2(CC(=O)O)CCC2)C1. The Balaban J connectivity index is 1.80. The number of carboxylic acids is 1. The van der Waals surface area contributed by atoms with E-state index in [1.54, 1.807) is 4.90 Å². The number of amides is 2. The molecule has 2 aliphatic rings. The zero-order valence-corrected chi connectivity index (χ0v) is 11.2. The Bertz CT molecular complexity index is 355. The van der Waals surface area contributed by atoms with Crippen LogP contribution in [0.15, 0.2) is 0 Å². The van der Waals surface area contributed by atoms with E-state index in [9.17, 15) is 9.59 Å². The number of nitrogens with zero attached hydrogens (tertiary/aromatic N) is 1. The standard InChI is InChI=1S/C13H23N3O3/c14-10-3-1-6-16(8-10)12(19)15-9-13(4-2-5-13)7-11(17)18/h10H,1-9,14H2,(H,15,19)(H,17,18). The number of carbonyl (C=O) groups is 2. The van der Waals surface area contributed by atoms with Crippen LogP contribution in [0.25, 0.3) is 0 Å². The summed E-state index contributed by atoms with van der Waals surface area (Å²) >= 11 is 0.